The van der Waals surface area contributed by atoms with E-state index in [9.17, 15) is 4.79 Å². The van der Waals surface area contributed by atoms with Crippen molar-refractivity contribution in [3.63, 3.8) is 0 Å². The molecule has 0 saturated carbocycles. The minimum absolute atomic E-state index is 0.0887. The van der Waals surface area contributed by atoms with Crippen molar-refractivity contribution in [2.75, 3.05) is 0 Å². The number of carbonyl (C=O) groups is 1. The average Bonchev–Trinajstić information content (AvgIpc) is 2.86. The van der Waals surface area contributed by atoms with Crippen molar-refractivity contribution in [3.8, 4) is 0 Å². The lowest BCUT2D eigenvalue weighted by Gasteiger charge is -2.37. The van der Waals surface area contributed by atoms with Crippen LogP contribution in [0.4, 0.5) is 0 Å². The van der Waals surface area contributed by atoms with E-state index >= 15 is 0 Å². The van der Waals surface area contributed by atoms with Gasteiger partial charge in [-0.2, -0.15) is 0 Å². The summed E-state index contributed by atoms with van der Waals surface area (Å²) >= 11 is 5.53. The van der Waals surface area contributed by atoms with Crippen LogP contribution < -0.4 is 0 Å². The third-order valence-electron chi connectivity index (χ3n) is 5.20. The van der Waals surface area contributed by atoms with Gasteiger partial charge < -0.3 is 0 Å². The smallest absolute Gasteiger partial charge is 0.163 e. The average molecular weight is 487 g/mol. The Labute approximate surface area is 209 Å². The lowest BCUT2D eigenvalue weighted by molar-refractivity contribution is 0.0966. The van der Waals surface area contributed by atoms with E-state index in [1.807, 2.05) is 83.8 Å². The van der Waals surface area contributed by atoms with E-state index in [2.05, 4.69) is 79.7 Å². The third-order valence-corrected chi connectivity index (χ3v) is 10.3. The fourth-order valence-corrected chi connectivity index (χ4v) is 8.42. The second-order valence-corrected chi connectivity index (χ2v) is 12.5. The topological polar surface area (TPSA) is 17.1 Å². The van der Waals surface area contributed by atoms with Gasteiger partial charge in [-0.05, 0) is 42.3 Å². The normalized spacial score (nSPS) is 12.3. The van der Waals surface area contributed by atoms with Gasteiger partial charge in [0.1, 0.15) is 3.41 Å². The number of benzene rings is 4. The first kappa shape index (κ1) is 23.7. The van der Waals surface area contributed by atoms with Crippen LogP contribution in [-0.4, -0.2) is 9.19 Å². The van der Waals surface area contributed by atoms with E-state index in [1.165, 1.54) is 14.7 Å². The molecular weight excluding hydrogens is 461 g/mol. The Morgan fingerprint density at radius 1 is 0.606 bits per heavy atom. The van der Waals surface area contributed by atoms with Crippen LogP contribution in [0.15, 0.2) is 136 Å². The molecule has 0 radical (unpaired) electrons. The maximum Gasteiger partial charge on any atom is 0.163 e. The highest BCUT2D eigenvalue weighted by atomic mass is 32.3. The maximum atomic E-state index is 13.2. The highest BCUT2D eigenvalue weighted by molar-refractivity contribution is 8.33. The number of hydrogen-bond acceptors (Lipinski definition) is 4. The van der Waals surface area contributed by atoms with Crippen LogP contribution in [0.1, 0.15) is 23.7 Å². The van der Waals surface area contributed by atoms with Crippen LogP contribution in [0, 0.1) is 5.92 Å². The number of rotatable bonds is 10. The minimum Gasteiger partial charge on any atom is -0.294 e. The Morgan fingerprint density at radius 2 is 0.939 bits per heavy atom. The first-order valence-electron chi connectivity index (χ1n) is 10.9. The second kappa shape index (κ2) is 11.6. The van der Waals surface area contributed by atoms with E-state index in [4.69, 9.17) is 0 Å². The molecule has 0 aliphatic rings. The summed E-state index contributed by atoms with van der Waals surface area (Å²) in [4.78, 5) is 16.8. The maximum absolute atomic E-state index is 13.2. The SMILES string of the molecule is C[C@@H](CC(=O)c1ccccc1)C(Sc1ccccc1)(Sc1ccccc1)Sc1ccccc1. The molecule has 1 atom stereocenters. The van der Waals surface area contributed by atoms with Gasteiger partial charge in [0.25, 0.3) is 0 Å². The number of carbonyl (C=O) groups excluding carboxylic acids is 1. The third kappa shape index (κ3) is 6.57. The fraction of sp³-hybridized carbons (Fsp3) is 0.138. The number of thioether (sulfide) groups is 3. The number of Topliss-reactive ketones (excluding diaryl/α,β-unsaturated/α-hetero) is 1. The Balaban J connectivity index is 1.73. The molecule has 0 aliphatic heterocycles. The molecule has 4 aromatic rings. The van der Waals surface area contributed by atoms with E-state index in [0.717, 1.165) is 5.56 Å². The molecule has 4 heteroatoms. The molecular formula is C29H26OS3. The molecule has 0 unspecified atom stereocenters. The fourth-order valence-electron chi connectivity index (χ4n) is 3.47. The van der Waals surface area contributed by atoms with E-state index in [1.54, 1.807) is 0 Å². The van der Waals surface area contributed by atoms with Crippen molar-refractivity contribution in [3.05, 3.63) is 127 Å². The zero-order valence-electron chi connectivity index (χ0n) is 18.5. The lowest BCUT2D eigenvalue weighted by atomic mass is 10.0. The van der Waals surface area contributed by atoms with Crippen molar-refractivity contribution in [2.45, 2.75) is 31.4 Å². The van der Waals surface area contributed by atoms with Crippen LogP contribution in [0.3, 0.4) is 0 Å². The molecule has 33 heavy (non-hydrogen) atoms. The molecule has 0 aromatic heterocycles. The monoisotopic (exact) mass is 486 g/mol. The first-order chi connectivity index (χ1) is 16.1. The van der Waals surface area contributed by atoms with Gasteiger partial charge in [0.15, 0.2) is 5.78 Å². The van der Waals surface area contributed by atoms with Crippen LogP contribution >= 0.6 is 35.3 Å². The van der Waals surface area contributed by atoms with Crippen molar-refractivity contribution in [1.29, 1.82) is 0 Å². The highest BCUT2D eigenvalue weighted by Crippen LogP contribution is 2.60. The zero-order valence-corrected chi connectivity index (χ0v) is 20.9. The molecule has 1 nitrogen and oxygen atoms in total. The van der Waals surface area contributed by atoms with Gasteiger partial charge in [0, 0.05) is 26.7 Å². The van der Waals surface area contributed by atoms with Gasteiger partial charge in [-0.15, -0.1) is 0 Å². The zero-order chi connectivity index (χ0) is 22.9. The molecule has 0 saturated heterocycles. The van der Waals surface area contributed by atoms with Crippen molar-refractivity contribution in [1.82, 2.24) is 0 Å². The molecule has 0 heterocycles. The quantitative estimate of drug-likeness (QED) is 0.126. The first-order valence-corrected chi connectivity index (χ1v) is 13.4. The number of hydrogen-bond donors (Lipinski definition) is 0. The van der Waals surface area contributed by atoms with Crippen molar-refractivity contribution >= 4 is 41.1 Å². The largest absolute Gasteiger partial charge is 0.294 e. The van der Waals surface area contributed by atoms with Gasteiger partial charge in [0.2, 0.25) is 0 Å². The Hall–Kier alpha value is -2.40. The Bertz CT molecular complexity index is 1030. The standard InChI is InChI=1S/C29H26OS3/c1-23(22-28(30)24-14-6-2-7-15-24)29(31-25-16-8-3-9-17-25,32-26-18-10-4-11-19-26)33-27-20-12-5-13-21-27/h2-21,23H,22H2,1H3/t23-/m0/s1. The highest BCUT2D eigenvalue weighted by Gasteiger charge is 2.41. The Morgan fingerprint density at radius 3 is 1.30 bits per heavy atom. The molecule has 0 aliphatic carbocycles. The molecule has 4 aromatic carbocycles. The van der Waals surface area contributed by atoms with E-state index in [-0.39, 0.29) is 15.1 Å². The summed E-state index contributed by atoms with van der Waals surface area (Å²) in [7, 11) is 0. The lowest BCUT2D eigenvalue weighted by Crippen LogP contribution is -2.27. The van der Waals surface area contributed by atoms with Gasteiger partial charge >= 0.3 is 0 Å². The molecule has 0 fully saturated rings. The van der Waals surface area contributed by atoms with Crippen molar-refractivity contribution in [2.24, 2.45) is 5.92 Å². The van der Waals surface area contributed by atoms with Crippen LogP contribution in [0.25, 0.3) is 0 Å². The number of ketones is 1. The Kier molecular flexibility index (Phi) is 8.38. The summed E-state index contributed by atoms with van der Waals surface area (Å²) in [5, 5.41) is 0. The molecule has 166 valence electrons. The molecule has 0 bridgehead atoms. The summed E-state index contributed by atoms with van der Waals surface area (Å²) in [6.07, 6.45) is 0.476. The molecule has 0 spiro atoms. The van der Waals surface area contributed by atoms with Crippen LogP contribution in [0.2, 0.25) is 0 Å². The van der Waals surface area contributed by atoms with E-state index < -0.39 is 0 Å². The van der Waals surface area contributed by atoms with Gasteiger partial charge in [-0.3, -0.25) is 4.79 Å². The minimum atomic E-state index is -0.339. The predicted molar refractivity (Wildman–Crippen MR) is 144 cm³/mol. The molecule has 0 amide bonds. The second-order valence-electron chi connectivity index (χ2n) is 7.74. The van der Waals surface area contributed by atoms with Gasteiger partial charge in [0.05, 0.1) is 0 Å². The predicted octanol–water partition coefficient (Wildman–Crippen LogP) is 8.93. The summed E-state index contributed by atoms with van der Waals surface area (Å²) in [5.41, 5.74) is 0.775. The summed E-state index contributed by atoms with van der Waals surface area (Å²) in [5.74, 6) is 0.272. The van der Waals surface area contributed by atoms with Crippen LogP contribution in [-0.2, 0) is 0 Å². The molecule has 4 rings (SSSR count). The van der Waals surface area contributed by atoms with Gasteiger partial charge in [-0.1, -0.05) is 127 Å². The summed E-state index contributed by atoms with van der Waals surface area (Å²) in [6, 6.07) is 41.2. The van der Waals surface area contributed by atoms with E-state index in [0.29, 0.717) is 6.42 Å². The summed E-state index contributed by atoms with van der Waals surface area (Å²) < 4.78 is -0.339. The van der Waals surface area contributed by atoms with Gasteiger partial charge in [-0.25, -0.2) is 0 Å². The summed E-state index contributed by atoms with van der Waals surface area (Å²) in [6.45, 7) is 2.21. The molecule has 0 N–H and O–H groups in total. The van der Waals surface area contributed by atoms with Crippen LogP contribution in [0.5, 0.6) is 0 Å². The van der Waals surface area contributed by atoms with Crippen molar-refractivity contribution < 1.29 is 4.79 Å².